The molecule has 42 heavy (non-hydrogen) atoms. The van der Waals surface area contributed by atoms with Gasteiger partial charge in [-0.15, -0.1) is 0 Å². The highest BCUT2D eigenvalue weighted by Crippen LogP contribution is 2.51. The lowest BCUT2D eigenvalue weighted by atomic mass is 9.89. The Balaban J connectivity index is 1.52. The van der Waals surface area contributed by atoms with Crippen LogP contribution < -0.4 is 10.1 Å². The molecule has 0 radical (unpaired) electrons. The van der Waals surface area contributed by atoms with Gasteiger partial charge in [-0.1, -0.05) is 0 Å². The average Bonchev–Trinajstić information content (AvgIpc) is 3.76. The number of nitrogens with one attached hydrogen (secondary N) is 1. The van der Waals surface area contributed by atoms with Gasteiger partial charge in [-0.05, 0) is 96.8 Å². The van der Waals surface area contributed by atoms with Gasteiger partial charge in [0.15, 0.2) is 0 Å². The Morgan fingerprint density at radius 3 is 2.24 bits per heavy atom. The van der Waals surface area contributed by atoms with E-state index in [4.69, 9.17) is 14.2 Å². The minimum Gasteiger partial charge on any atom is -0.444 e. The molecule has 4 rings (SSSR count). The van der Waals surface area contributed by atoms with E-state index < -0.39 is 51.4 Å². The third-order valence-corrected chi connectivity index (χ3v) is 8.83. The third kappa shape index (κ3) is 8.43. The first kappa shape index (κ1) is 32.2. The number of aryl methyl sites for hydroxylation is 1. The first-order valence-electron chi connectivity index (χ1n) is 14.4. The molecular formula is C30H44F2N4O5S. The molecule has 1 atom stereocenters. The van der Waals surface area contributed by atoms with Crippen LogP contribution in [0.1, 0.15) is 57.8 Å². The summed E-state index contributed by atoms with van der Waals surface area (Å²) in [5, 5.41) is 7.09. The number of nitrogens with zero attached hydrogens (tertiary/aromatic N) is 3. The van der Waals surface area contributed by atoms with Gasteiger partial charge in [0.2, 0.25) is 11.8 Å². The number of hydrogen-bond acceptors (Lipinski definition) is 7. The highest BCUT2D eigenvalue weighted by atomic mass is 32.3. The Kier molecular flexibility index (Phi) is 9.56. The predicted molar refractivity (Wildman–Crippen MR) is 159 cm³/mol. The monoisotopic (exact) mass is 610 g/mol. The van der Waals surface area contributed by atoms with Crippen molar-refractivity contribution in [1.82, 2.24) is 20.1 Å². The van der Waals surface area contributed by atoms with Crippen molar-refractivity contribution in [3.63, 3.8) is 0 Å². The number of ether oxygens (including phenoxy) is 3. The fraction of sp³-hybridized carbons (Fsp3) is 0.667. The van der Waals surface area contributed by atoms with E-state index in [1.54, 1.807) is 39.3 Å². The Hall–Kier alpha value is -2.73. The van der Waals surface area contributed by atoms with Crippen molar-refractivity contribution in [2.24, 2.45) is 17.8 Å². The van der Waals surface area contributed by atoms with Gasteiger partial charge < -0.3 is 19.5 Å². The molecule has 2 saturated carbocycles. The van der Waals surface area contributed by atoms with Gasteiger partial charge in [0.1, 0.15) is 24.2 Å². The molecule has 2 aliphatic carbocycles. The van der Waals surface area contributed by atoms with Crippen molar-refractivity contribution in [3.05, 3.63) is 29.2 Å². The summed E-state index contributed by atoms with van der Waals surface area (Å²) < 4.78 is 49.0. The molecule has 0 aromatic carbocycles. The largest absolute Gasteiger partial charge is 0.444 e. The number of aromatic nitrogens is 3. The summed E-state index contributed by atoms with van der Waals surface area (Å²) in [5.41, 5.74) is 0.0961. The van der Waals surface area contributed by atoms with E-state index in [9.17, 15) is 9.59 Å². The molecule has 1 unspecified atom stereocenters. The molecule has 1 N–H and O–H groups in total. The lowest BCUT2D eigenvalue weighted by Gasteiger charge is -2.28. The number of amides is 1. The maximum absolute atomic E-state index is 15.5. The number of carbonyl (C=O) groups is 2. The lowest BCUT2D eigenvalue weighted by Crippen LogP contribution is -2.50. The number of halogens is 2. The second kappa shape index (κ2) is 12.5. The van der Waals surface area contributed by atoms with Crippen LogP contribution in [0.25, 0.3) is 11.1 Å². The van der Waals surface area contributed by atoms with Gasteiger partial charge in [-0.25, -0.2) is 28.7 Å². The van der Waals surface area contributed by atoms with Gasteiger partial charge in [0.25, 0.3) is 0 Å². The molecule has 0 spiro atoms. The topological polar surface area (TPSA) is 105 Å². The fourth-order valence-corrected chi connectivity index (χ4v) is 5.81. The SMILES string of the molecule is Cc1nn(COCCS(C)(C)C)c(C)c1-c1c(F)cc(OC(=O)C(NC(=O)OC(C)(C)C)C(C2CC2)C2CC2)nc1F. The Labute approximate surface area is 248 Å². The Morgan fingerprint density at radius 2 is 1.71 bits per heavy atom. The van der Waals surface area contributed by atoms with Crippen molar-refractivity contribution in [1.29, 1.82) is 0 Å². The standard InChI is InChI=1S/C30H44F2N4O5S/c1-17-23(18(2)36(35-17)16-39-13-14-42(6,7)8)25-21(31)15-22(33-27(25)32)40-28(37)26(34-29(38)41-30(3,4)5)24(19-9-10-19)20-11-12-20/h15,19-20,24,26H,9-14,16H2,1-8H3,(H,34,38). The molecule has 12 heteroatoms. The van der Waals surface area contributed by atoms with E-state index in [-0.39, 0.29) is 35.6 Å². The van der Waals surface area contributed by atoms with Crippen LogP contribution in [0.3, 0.4) is 0 Å². The van der Waals surface area contributed by atoms with Crippen LogP contribution in [0.4, 0.5) is 13.6 Å². The van der Waals surface area contributed by atoms with Gasteiger partial charge >= 0.3 is 12.1 Å². The van der Waals surface area contributed by atoms with Crippen molar-refractivity contribution < 1.29 is 32.6 Å². The summed E-state index contributed by atoms with van der Waals surface area (Å²) in [6.07, 6.45) is 9.66. The van der Waals surface area contributed by atoms with Crippen LogP contribution in [0.5, 0.6) is 5.88 Å². The number of alkyl carbamates (subject to hydrolysis) is 1. The molecular weight excluding hydrogens is 566 g/mol. The van der Waals surface area contributed by atoms with E-state index in [0.717, 1.165) is 37.5 Å². The van der Waals surface area contributed by atoms with Crippen LogP contribution in [0.15, 0.2) is 6.07 Å². The first-order valence-corrected chi connectivity index (χ1v) is 17.4. The molecule has 9 nitrogen and oxygen atoms in total. The highest BCUT2D eigenvalue weighted by molar-refractivity contribution is 8.32. The average molecular weight is 611 g/mol. The zero-order chi connectivity index (χ0) is 31.0. The van der Waals surface area contributed by atoms with Crippen molar-refractivity contribution in [3.8, 4) is 17.0 Å². The molecule has 2 aromatic rings. The molecule has 2 aliphatic rings. The lowest BCUT2D eigenvalue weighted by molar-refractivity contribution is -0.139. The number of carbonyl (C=O) groups excluding carboxylic acids is 2. The quantitative estimate of drug-likeness (QED) is 0.186. The van der Waals surface area contributed by atoms with E-state index in [1.165, 1.54) is 0 Å². The smallest absolute Gasteiger partial charge is 0.408 e. The van der Waals surface area contributed by atoms with Crippen molar-refractivity contribution in [2.45, 2.75) is 78.7 Å². The molecule has 234 valence electrons. The predicted octanol–water partition coefficient (Wildman–Crippen LogP) is 5.74. The Morgan fingerprint density at radius 1 is 1.10 bits per heavy atom. The van der Waals surface area contributed by atoms with E-state index in [2.05, 4.69) is 34.2 Å². The maximum atomic E-state index is 15.5. The summed E-state index contributed by atoms with van der Waals surface area (Å²) in [5.74, 6) is -2.06. The Bertz CT molecular complexity index is 1280. The van der Waals surface area contributed by atoms with Gasteiger partial charge in [0, 0.05) is 23.1 Å². The second-order valence-electron chi connectivity index (χ2n) is 13.3. The number of hydrogen-bond donors (Lipinski definition) is 1. The third-order valence-electron chi connectivity index (χ3n) is 7.44. The van der Waals surface area contributed by atoms with E-state index in [0.29, 0.717) is 18.0 Å². The van der Waals surface area contributed by atoms with E-state index in [1.807, 2.05) is 0 Å². The molecule has 0 aliphatic heterocycles. The summed E-state index contributed by atoms with van der Waals surface area (Å²) in [6, 6.07) is -0.127. The maximum Gasteiger partial charge on any atom is 0.408 e. The molecule has 2 fully saturated rings. The molecule has 1 amide bonds. The highest BCUT2D eigenvalue weighted by Gasteiger charge is 2.49. The number of pyridine rings is 1. The van der Waals surface area contributed by atoms with Crippen LogP contribution in [-0.2, 0) is 21.0 Å². The fourth-order valence-electron chi connectivity index (χ4n) is 5.19. The summed E-state index contributed by atoms with van der Waals surface area (Å²) >= 11 is 0. The number of esters is 1. The minimum atomic E-state index is -1.13. The van der Waals surface area contributed by atoms with E-state index >= 15 is 8.78 Å². The van der Waals surface area contributed by atoms with Gasteiger partial charge in [-0.2, -0.15) is 14.5 Å². The molecule has 0 bridgehead atoms. The zero-order valence-corrected chi connectivity index (χ0v) is 26.7. The van der Waals surface area contributed by atoms with Crippen LogP contribution in [0.2, 0.25) is 0 Å². The number of rotatable bonds is 12. The van der Waals surface area contributed by atoms with Gasteiger partial charge in [-0.3, -0.25) is 0 Å². The molecule has 2 heterocycles. The zero-order valence-electron chi connectivity index (χ0n) is 25.9. The van der Waals surface area contributed by atoms with Crippen LogP contribution >= 0.6 is 10.0 Å². The van der Waals surface area contributed by atoms with Crippen molar-refractivity contribution >= 4 is 22.1 Å². The van der Waals surface area contributed by atoms with Crippen LogP contribution in [0, 0.1) is 43.4 Å². The molecule has 0 saturated heterocycles. The summed E-state index contributed by atoms with van der Waals surface area (Å²) in [7, 11) is -0.710. The summed E-state index contributed by atoms with van der Waals surface area (Å²) in [4.78, 5) is 29.8. The van der Waals surface area contributed by atoms with Gasteiger partial charge in [0.05, 0.1) is 17.9 Å². The normalized spacial score (nSPS) is 16.8. The van der Waals surface area contributed by atoms with Crippen LogP contribution in [-0.4, -0.2) is 69.6 Å². The minimum absolute atomic E-state index is 0.137. The van der Waals surface area contributed by atoms with Crippen molar-refractivity contribution in [2.75, 3.05) is 31.1 Å². The molecule has 2 aromatic heterocycles. The first-order chi connectivity index (χ1) is 19.5. The second-order valence-corrected chi connectivity index (χ2v) is 17.9. The summed E-state index contributed by atoms with van der Waals surface area (Å²) in [6.45, 7) is 9.27.